The highest BCUT2D eigenvalue weighted by molar-refractivity contribution is 5.97. The number of allylic oxidation sites excluding steroid dienone is 3. The van der Waals surface area contributed by atoms with Gasteiger partial charge in [-0.25, -0.2) is 4.79 Å². The Balaban J connectivity index is 1.66. The van der Waals surface area contributed by atoms with Crippen LogP contribution in [0.3, 0.4) is 0 Å². The molecule has 1 unspecified atom stereocenters. The molecule has 2 aliphatic carbocycles. The van der Waals surface area contributed by atoms with Gasteiger partial charge in [-0.2, -0.15) is 0 Å². The maximum absolute atomic E-state index is 12.7. The van der Waals surface area contributed by atoms with Gasteiger partial charge in [0, 0.05) is 30.9 Å². The number of benzene rings is 1. The van der Waals surface area contributed by atoms with E-state index in [0.717, 1.165) is 53.7 Å². The lowest BCUT2D eigenvalue weighted by atomic mass is 9.84. The van der Waals surface area contributed by atoms with Crippen molar-refractivity contribution in [1.29, 1.82) is 0 Å². The Morgan fingerprint density at radius 1 is 1.11 bits per heavy atom. The molecule has 0 bridgehead atoms. The van der Waals surface area contributed by atoms with Crippen molar-refractivity contribution < 1.29 is 33.6 Å². The summed E-state index contributed by atoms with van der Waals surface area (Å²) in [6.07, 6.45) is 9.65. The zero-order valence-electron chi connectivity index (χ0n) is 21.5. The third-order valence-electron chi connectivity index (χ3n) is 7.62. The van der Waals surface area contributed by atoms with Gasteiger partial charge in [0.2, 0.25) is 5.76 Å². The van der Waals surface area contributed by atoms with Crippen LogP contribution in [0.25, 0.3) is 5.57 Å². The van der Waals surface area contributed by atoms with Crippen LogP contribution in [-0.2, 0) is 20.7 Å². The zero-order chi connectivity index (χ0) is 25.4. The van der Waals surface area contributed by atoms with Gasteiger partial charge in [0.15, 0.2) is 0 Å². The van der Waals surface area contributed by atoms with Crippen molar-refractivity contribution in [2.45, 2.75) is 103 Å². The number of fused-ring (bicyclic) bond motifs is 2. The Morgan fingerprint density at radius 3 is 2.50 bits per heavy atom. The molecule has 2 heterocycles. The van der Waals surface area contributed by atoms with Crippen LogP contribution in [0.1, 0.15) is 89.7 Å². The molecule has 1 aromatic carbocycles. The predicted molar refractivity (Wildman–Crippen MR) is 134 cm³/mol. The van der Waals surface area contributed by atoms with Gasteiger partial charge in [0.1, 0.15) is 29.1 Å². The third kappa shape index (κ3) is 4.90. The Morgan fingerprint density at radius 2 is 1.83 bits per heavy atom. The topological polar surface area (TPSA) is 91.3 Å². The molecule has 2 saturated carbocycles. The van der Waals surface area contributed by atoms with Gasteiger partial charge in [0.05, 0.1) is 23.9 Å². The van der Waals surface area contributed by atoms with Crippen molar-refractivity contribution in [3.63, 3.8) is 0 Å². The number of hydrogen-bond acceptors (Lipinski definition) is 7. The van der Waals surface area contributed by atoms with Gasteiger partial charge < -0.3 is 24.1 Å². The van der Waals surface area contributed by atoms with Gasteiger partial charge in [0.25, 0.3) is 0 Å². The molecule has 1 aromatic rings. The fourth-order valence-corrected chi connectivity index (χ4v) is 5.57. The van der Waals surface area contributed by atoms with Crippen LogP contribution in [0.2, 0.25) is 0 Å². The number of rotatable bonds is 5. The number of hydrogen-bond donors (Lipinski definition) is 1. The van der Waals surface area contributed by atoms with E-state index in [4.69, 9.17) is 18.9 Å². The Bertz CT molecular complexity index is 1100. The number of carbonyl (C=O) groups is 2. The molecule has 2 aliphatic heterocycles. The summed E-state index contributed by atoms with van der Waals surface area (Å²) in [5, 5.41) is 10.7. The lowest BCUT2D eigenvalue weighted by Crippen LogP contribution is -2.39. The van der Waals surface area contributed by atoms with Crippen LogP contribution >= 0.6 is 0 Å². The second-order valence-electron chi connectivity index (χ2n) is 10.8. The standard InChI is InChI=1S/C29H36O7/c1-4-33-28(31)24-14-20(17-10-12-18(30)13-11-17)26-23(35-24)16-22-21(15-25(36-22)29(2,3)32)27(26)34-19-8-6-5-7-9-19/h14,16,19,25,32H,4-13,15H2,1-3H3. The van der Waals surface area contributed by atoms with E-state index in [-0.39, 0.29) is 24.3 Å². The number of Topliss-reactive ketones (excluding diaryl/α,β-unsaturated/α-hetero) is 1. The summed E-state index contributed by atoms with van der Waals surface area (Å²) in [5.74, 6) is 1.67. The first kappa shape index (κ1) is 24.9. The minimum Gasteiger partial charge on any atom is -0.489 e. The maximum atomic E-state index is 12.7. The molecular formula is C29H36O7. The van der Waals surface area contributed by atoms with E-state index in [1.165, 1.54) is 6.42 Å². The van der Waals surface area contributed by atoms with E-state index in [1.54, 1.807) is 26.8 Å². The maximum Gasteiger partial charge on any atom is 0.374 e. The third-order valence-corrected chi connectivity index (χ3v) is 7.62. The summed E-state index contributed by atoms with van der Waals surface area (Å²) < 4.78 is 24.3. The van der Waals surface area contributed by atoms with E-state index >= 15 is 0 Å². The van der Waals surface area contributed by atoms with Crippen LogP contribution in [0.5, 0.6) is 17.2 Å². The highest BCUT2D eigenvalue weighted by Crippen LogP contribution is 2.52. The second-order valence-corrected chi connectivity index (χ2v) is 10.8. The molecule has 5 rings (SSSR count). The number of carbonyl (C=O) groups excluding carboxylic acids is 2. The fourth-order valence-electron chi connectivity index (χ4n) is 5.57. The quantitative estimate of drug-likeness (QED) is 0.560. The minimum absolute atomic E-state index is 0.0881. The van der Waals surface area contributed by atoms with E-state index in [1.807, 2.05) is 6.07 Å². The Kier molecular flexibility index (Phi) is 6.86. The van der Waals surface area contributed by atoms with Gasteiger partial charge >= 0.3 is 5.97 Å². The number of ketones is 1. The van der Waals surface area contributed by atoms with Crippen molar-refractivity contribution in [3.05, 3.63) is 34.6 Å². The van der Waals surface area contributed by atoms with Crippen molar-refractivity contribution in [3.8, 4) is 17.2 Å². The Hall–Kier alpha value is -2.80. The lowest BCUT2D eigenvalue weighted by Gasteiger charge is -2.30. The summed E-state index contributed by atoms with van der Waals surface area (Å²) in [5.41, 5.74) is 2.70. The molecule has 0 aromatic heterocycles. The van der Waals surface area contributed by atoms with Crippen molar-refractivity contribution in [2.24, 2.45) is 0 Å². The fraction of sp³-hybridized carbons (Fsp3) is 0.586. The molecule has 1 atom stereocenters. The SMILES string of the molecule is CCOC(=O)C1=CC(=C2CCC(=O)CC2)c2c(cc3c(c2OC2CCCCC2)CC(C(C)(C)O)O3)O1. The van der Waals surface area contributed by atoms with Crippen molar-refractivity contribution in [1.82, 2.24) is 0 Å². The highest BCUT2D eigenvalue weighted by atomic mass is 16.6. The van der Waals surface area contributed by atoms with E-state index < -0.39 is 17.7 Å². The molecule has 4 aliphatic rings. The summed E-state index contributed by atoms with van der Waals surface area (Å²) in [4.78, 5) is 24.7. The molecular weight excluding hydrogens is 460 g/mol. The predicted octanol–water partition coefficient (Wildman–Crippen LogP) is 5.21. The first-order valence-electron chi connectivity index (χ1n) is 13.3. The van der Waals surface area contributed by atoms with E-state index in [0.29, 0.717) is 43.6 Å². The Labute approximate surface area is 212 Å². The van der Waals surface area contributed by atoms with Crippen molar-refractivity contribution >= 4 is 17.3 Å². The normalized spacial score (nSPS) is 22.3. The van der Waals surface area contributed by atoms with Crippen LogP contribution < -0.4 is 14.2 Å². The van der Waals surface area contributed by atoms with E-state index in [2.05, 4.69) is 0 Å². The molecule has 0 spiro atoms. The van der Waals surface area contributed by atoms with Crippen LogP contribution in [0, 0.1) is 0 Å². The second kappa shape index (κ2) is 9.92. The number of esters is 1. The number of aliphatic hydroxyl groups is 1. The van der Waals surface area contributed by atoms with Crippen LogP contribution in [0.15, 0.2) is 23.5 Å². The van der Waals surface area contributed by atoms with Gasteiger partial charge in [-0.3, -0.25) is 4.79 Å². The van der Waals surface area contributed by atoms with Gasteiger partial charge in [-0.1, -0.05) is 12.0 Å². The monoisotopic (exact) mass is 496 g/mol. The average Bonchev–Trinajstić information content (AvgIpc) is 3.29. The molecule has 0 amide bonds. The van der Waals surface area contributed by atoms with Crippen LogP contribution in [-0.4, -0.2) is 41.3 Å². The molecule has 1 N–H and O–H groups in total. The largest absolute Gasteiger partial charge is 0.489 e. The average molecular weight is 497 g/mol. The molecule has 2 fully saturated rings. The van der Waals surface area contributed by atoms with Gasteiger partial charge in [-0.15, -0.1) is 0 Å². The highest BCUT2D eigenvalue weighted by Gasteiger charge is 2.41. The molecule has 0 saturated heterocycles. The molecule has 194 valence electrons. The molecule has 36 heavy (non-hydrogen) atoms. The summed E-state index contributed by atoms with van der Waals surface area (Å²) in [7, 11) is 0. The minimum atomic E-state index is -1.04. The first-order valence-corrected chi connectivity index (χ1v) is 13.3. The first-order chi connectivity index (χ1) is 17.2. The molecule has 7 heteroatoms. The molecule has 7 nitrogen and oxygen atoms in total. The summed E-state index contributed by atoms with van der Waals surface area (Å²) in [6.45, 7) is 5.49. The summed E-state index contributed by atoms with van der Waals surface area (Å²) >= 11 is 0. The zero-order valence-corrected chi connectivity index (χ0v) is 21.5. The van der Waals surface area contributed by atoms with Crippen molar-refractivity contribution in [2.75, 3.05) is 6.61 Å². The van der Waals surface area contributed by atoms with Gasteiger partial charge in [-0.05, 0) is 70.9 Å². The number of ether oxygens (including phenoxy) is 4. The smallest absolute Gasteiger partial charge is 0.374 e. The lowest BCUT2D eigenvalue weighted by molar-refractivity contribution is -0.141. The molecule has 0 radical (unpaired) electrons. The van der Waals surface area contributed by atoms with Crippen LogP contribution in [0.4, 0.5) is 0 Å². The van der Waals surface area contributed by atoms with E-state index in [9.17, 15) is 14.7 Å². The summed E-state index contributed by atoms with van der Waals surface area (Å²) in [6, 6.07) is 1.81.